The predicted octanol–water partition coefficient (Wildman–Crippen LogP) is 1.64. The summed E-state index contributed by atoms with van der Waals surface area (Å²) in [6.45, 7) is 0.220. The first-order valence-electron chi connectivity index (χ1n) is 7.05. The van der Waals surface area contributed by atoms with Crippen molar-refractivity contribution >= 4 is 33.7 Å². The summed E-state index contributed by atoms with van der Waals surface area (Å²) < 4.78 is 0.772. The number of aliphatic carboxylic acids is 1. The van der Waals surface area contributed by atoms with Gasteiger partial charge in [-0.25, -0.2) is 4.79 Å². The predicted molar refractivity (Wildman–Crippen MR) is 83.5 cm³/mol. The number of piperidine rings is 1. The quantitative estimate of drug-likeness (QED) is 0.845. The molecule has 2 rings (SSSR count). The number of hydrogen-bond donors (Lipinski definition) is 2. The van der Waals surface area contributed by atoms with E-state index in [0.29, 0.717) is 18.5 Å². The normalized spacial score (nSPS) is 17.9. The van der Waals surface area contributed by atoms with Gasteiger partial charge in [0.1, 0.15) is 6.04 Å². The van der Waals surface area contributed by atoms with Crippen molar-refractivity contribution < 1.29 is 19.5 Å². The number of carbonyl (C=O) groups excluding carboxylic acids is 2. The summed E-state index contributed by atoms with van der Waals surface area (Å²) in [5.41, 5.74) is 0.440. The Kier molecular flexibility index (Phi) is 5.54. The van der Waals surface area contributed by atoms with Crippen LogP contribution in [0.5, 0.6) is 0 Å². The minimum atomic E-state index is -0.994. The second-order valence-corrected chi connectivity index (χ2v) is 6.05. The van der Waals surface area contributed by atoms with Crippen molar-refractivity contribution in [2.75, 3.05) is 13.1 Å². The molecule has 1 atom stereocenters. The average molecular weight is 369 g/mol. The van der Waals surface area contributed by atoms with E-state index in [4.69, 9.17) is 5.11 Å². The van der Waals surface area contributed by atoms with Crippen molar-refractivity contribution in [3.05, 3.63) is 34.3 Å². The first-order valence-corrected chi connectivity index (χ1v) is 7.84. The van der Waals surface area contributed by atoms with Gasteiger partial charge in [-0.3, -0.25) is 9.59 Å². The molecule has 6 nitrogen and oxygen atoms in total. The van der Waals surface area contributed by atoms with Gasteiger partial charge in [-0.2, -0.15) is 0 Å². The Bertz CT molecular complexity index is 591. The van der Waals surface area contributed by atoms with E-state index in [1.807, 2.05) is 0 Å². The number of rotatable bonds is 4. The highest BCUT2D eigenvalue weighted by Gasteiger charge is 2.31. The molecule has 0 radical (unpaired) electrons. The number of likely N-dealkylation sites (tertiary alicyclic amines) is 1. The summed E-state index contributed by atoms with van der Waals surface area (Å²) in [5.74, 6) is -1.72. The molecule has 2 N–H and O–H groups in total. The van der Waals surface area contributed by atoms with Crippen molar-refractivity contribution in [1.82, 2.24) is 10.2 Å². The van der Waals surface area contributed by atoms with Crippen molar-refractivity contribution in [2.24, 2.45) is 0 Å². The van der Waals surface area contributed by atoms with Crippen LogP contribution in [0.2, 0.25) is 0 Å². The molecule has 1 aromatic carbocycles. The van der Waals surface area contributed by atoms with Gasteiger partial charge in [0.2, 0.25) is 5.91 Å². The lowest BCUT2D eigenvalue weighted by Crippen LogP contribution is -2.51. The first-order chi connectivity index (χ1) is 10.5. The van der Waals surface area contributed by atoms with Gasteiger partial charge in [0.05, 0.1) is 6.54 Å². The molecule has 0 aromatic heterocycles. The van der Waals surface area contributed by atoms with Crippen LogP contribution in [0, 0.1) is 0 Å². The fourth-order valence-corrected chi connectivity index (χ4v) is 2.88. The van der Waals surface area contributed by atoms with Gasteiger partial charge < -0.3 is 15.3 Å². The molecule has 0 saturated carbocycles. The number of hydrogen-bond acceptors (Lipinski definition) is 3. The minimum Gasteiger partial charge on any atom is -0.480 e. The topological polar surface area (TPSA) is 86.7 Å². The molecular formula is C15H17BrN2O4. The van der Waals surface area contributed by atoms with Gasteiger partial charge in [0.15, 0.2) is 0 Å². The van der Waals surface area contributed by atoms with Gasteiger partial charge in [-0.05, 0) is 37.5 Å². The van der Waals surface area contributed by atoms with Crippen LogP contribution in [0.25, 0.3) is 0 Å². The number of carboxylic acid groups (broad SMARTS) is 1. The monoisotopic (exact) mass is 368 g/mol. The number of nitrogens with one attached hydrogen (secondary N) is 1. The van der Waals surface area contributed by atoms with Crippen LogP contribution >= 0.6 is 15.9 Å². The molecular weight excluding hydrogens is 352 g/mol. The Morgan fingerprint density at radius 2 is 2.09 bits per heavy atom. The summed E-state index contributed by atoms with van der Waals surface area (Å²) in [4.78, 5) is 36.7. The summed E-state index contributed by atoms with van der Waals surface area (Å²) in [6, 6.07) is 6.04. The maximum Gasteiger partial charge on any atom is 0.326 e. The van der Waals surface area contributed by atoms with Gasteiger partial charge in [0.25, 0.3) is 5.91 Å². The van der Waals surface area contributed by atoms with Crippen molar-refractivity contribution in [3.63, 3.8) is 0 Å². The van der Waals surface area contributed by atoms with E-state index < -0.39 is 12.0 Å². The minimum absolute atomic E-state index is 0.199. The lowest BCUT2D eigenvalue weighted by Gasteiger charge is -2.33. The molecule has 1 aromatic rings. The third-order valence-corrected chi connectivity index (χ3v) is 4.09. The third-order valence-electron chi connectivity index (χ3n) is 3.60. The standard InChI is InChI=1S/C15H17BrN2O4/c16-11-5-3-4-10(8-11)14(20)17-9-13(19)18-7-2-1-6-12(18)15(21)22/h3-5,8,12H,1-2,6-7,9H2,(H,17,20)(H,21,22). The number of amides is 2. The Morgan fingerprint density at radius 1 is 1.32 bits per heavy atom. The molecule has 1 heterocycles. The zero-order valence-electron chi connectivity index (χ0n) is 11.9. The van der Waals surface area contributed by atoms with Gasteiger partial charge in [-0.1, -0.05) is 22.0 Å². The molecule has 1 saturated heterocycles. The van der Waals surface area contributed by atoms with E-state index in [1.54, 1.807) is 24.3 Å². The Balaban J connectivity index is 1.94. The van der Waals surface area contributed by atoms with Gasteiger partial charge in [0, 0.05) is 16.6 Å². The number of benzene rings is 1. The lowest BCUT2D eigenvalue weighted by molar-refractivity contribution is -0.151. The smallest absolute Gasteiger partial charge is 0.326 e. The molecule has 22 heavy (non-hydrogen) atoms. The van der Waals surface area contributed by atoms with Crippen LogP contribution in [0.4, 0.5) is 0 Å². The van der Waals surface area contributed by atoms with E-state index in [1.165, 1.54) is 4.90 Å². The Morgan fingerprint density at radius 3 is 2.77 bits per heavy atom. The van der Waals surface area contributed by atoms with E-state index in [9.17, 15) is 14.4 Å². The van der Waals surface area contributed by atoms with Crippen LogP contribution in [-0.2, 0) is 9.59 Å². The molecule has 1 aliphatic rings. The largest absolute Gasteiger partial charge is 0.480 e. The number of carboxylic acids is 1. The van der Waals surface area contributed by atoms with E-state index >= 15 is 0 Å². The number of nitrogens with zero attached hydrogens (tertiary/aromatic N) is 1. The fraction of sp³-hybridized carbons (Fsp3) is 0.400. The summed E-state index contributed by atoms with van der Waals surface area (Å²) in [7, 11) is 0. The zero-order chi connectivity index (χ0) is 16.1. The second kappa shape index (κ2) is 7.40. The molecule has 1 aliphatic heterocycles. The maximum absolute atomic E-state index is 12.2. The zero-order valence-corrected chi connectivity index (χ0v) is 13.5. The average Bonchev–Trinajstić information content (AvgIpc) is 2.52. The van der Waals surface area contributed by atoms with Crippen LogP contribution in [0.3, 0.4) is 0 Å². The molecule has 2 amide bonds. The van der Waals surface area contributed by atoms with Gasteiger partial charge in [-0.15, -0.1) is 0 Å². The molecule has 0 spiro atoms. The van der Waals surface area contributed by atoms with Crippen LogP contribution in [0.15, 0.2) is 28.7 Å². The highest BCUT2D eigenvalue weighted by Crippen LogP contribution is 2.17. The van der Waals surface area contributed by atoms with E-state index in [0.717, 1.165) is 17.3 Å². The highest BCUT2D eigenvalue weighted by atomic mass is 79.9. The van der Waals surface area contributed by atoms with Crippen molar-refractivity contribution in [1.29, 1.82) is 0 Å². The third kappa shape index (κ3) is 4.07. The number of carbonyl (C=O) groups is 3. The number of halogens is 1. The Labute approximate surface area is 136 Å². The van der Waals surface area contributed by atoms with Crippen LogP contribution < -0.4 is 5.32 Å². The van der Waals surface area contributed by atoms with Gasteiger partial charge >= 0.3 is 5.97 Å². The molecule has 0 bridgehead atoms. The van der Waals surface area contributed by atoms with E-state index in [2.05, 4.69) is 21.2 Å². The second-order valence-electron chi connectivity index (χ2n) is 5.13. The Hall–Kier alpha value is -1.89. The van der Waals surface area contributed by atoms with Crippen LogP contribution in [-0.4, -0.2) is 46.9 Å². The van der Waals surface area contributed by atoms with Crippen molar-refractivity contribution in [2.45, 2.75) is 25.3 Å². The summed E-state index contributed by atoms with van der Waals surface area (Å²) >= 11 is 3.28. The maximum atomic E-state index is 12.2. The SMILES string of the molecule is O=C(NCC(=O)N1CCCCC1C(=O)O)c1cccc(Br)c1. The molecule has 7 heteroatoms. The first kappa shape index (κ1) is 16.5. The lowest BCUT2D eigenvalue weighted by atomic mass is 10.0. The van der Waals surface area contributed by atoms with Crippen molar-refractivity contribution in [3.8, 4) is 0 Å². The summed E-state index contributed by atoms with van der Waals surface area (Å²) in [6.07, 6.45) is 2.04. The summed E-state index contributed by atoms with van der Waals surface area (Å²) in [5, 5.41) is 11.7. The van der Waals surface area contributed by atoms with E-state index in [-0.39, 0.29) is 18.4 Å². The molecule has 1 unspecified atom stereocenters. The highest BCUT2D eigenvalue weighted by molar-refractivity contribution is 9.10. The molecule has 118 valence electrons. The fourth-order valence-electron chi connectivity index (χ4n) is 2.48. The molecule has 0 aliphatic carbocycles. The molecule has 1 fully saturated rings. The van der Waals surface area contributed by atoms with Crippen LogP contribution in [0.1, 0.15) is 29.6 Å².